The number of hydrogen-bond acceptors (Lipinski definition) is 5. The molecule has 8 heteroatoms. The van der Waals surface area contributed by atoms with Gasteiger partial charge in [0.25, 0.3) is 5.56 Å². The highest BCUT2D eigenvalue weighted by Crippen LogP contribution is 2.33. The zero-order valence-electron chi connectivity index (χ0n) is 16.4. The number of aromatic nitrogens is 3. The summed E-state index contributed by atoms with van der Waals surface area (Å²) in [5.41, 5.74) is 2.43. The van der Waals surface area contributed by atoms with Crippen molar-refractivity contribution in [1.29, 1.82) is 10.5 Å². The van der Waals surface area contributed by atoms with Crippen LogP contribution in [-0.2, 0) is 0 Å². The molecule has 4 aromatic rings. The second-order valence-electron chi connectivity index (χ2n) is 6.93. The van der Waals surface area contributed by atoms with Gasteiger partial charge in [-0.25, -0.2) is 4.98 Å². The minimum Gasteiger partial charge on any atom is -0.293 e. The van der Waals surface area contributed by atoms with Gasteiger partial charge in [-0.05, 0) is 30.2 Å². The van der Waals surface area contributed by atoms with Gasteiger partial charge in [-0.15, -0.1) is 0 Å². The number of nitrogens with zero attached hydrogens (tertiary/aromatic N) is 4. The van der Waals surface area contributed by atoms with Crippen molar-refractivity contribution in [2.45, 2.75) is 12.8 Å². The Kier molecular flexibility index (Phi) is 5.85. The molecule has 1 N–H and O–H groups in total. The Labute approximate surface area is 191 Å². The average Bonchev–Trinajstić information content (AvgIpc) is 3.38. The summed E-state index contributed by atoms with van der Waals surface area (Å²) in [5, 5.41) is 22.8. The Morgan fingerprint density at radius 2 is 1.77 bits per heavy atom. The molecule has 4 rings (SSSR count). The first kappa shape index (κ1) is 20.8. The van der Waals surface area contributed by atoms with Crippen LogP contribution in [0.25, 0.3) is 15.6 Å². The molecule has 6 nitrogen and oxygen atoms in total. The molecule has 2 aromatic carbocycles. The number of halogens is 1. The van der Waals surface area contributed by atoms with Gasteiger partial charge in [0.15, 0.2) is 0 Å². The van der Waals surface area contributed by atoms with E-state index in [1.807, 2.05) is 66.7 Å². The van der Waals surface area contributed by atoms with E-state index in [1.165, 1.54) is 16.0 Å². The molecule has 0 spiro atoms. The van der Waals surface area contributed by atoms with Gasteiger partial charge in [-0.1, -0.05) is 69.7 Å². The molecule has 0 unspecified atom stereocenters. The Morgan fingerprint density at radius 3 is 2.42 bits per heavy atom. The van der Waals surface area contributed by atoms with E-state index < -0.39 is 11.8 Å². The molecule has 0 amide bonds. The fourth-order valence-electron chi connectivity index (χ4n) is 3.54. The summed E-state index contributed by atoms with van der Waals surface area (Å²) in [6.07, 6.45) is 1.73. The van der Waals surface area contributed by atoms with E-state index in [2.05, 4.69) is 26.0 Å². The topological polar surface area (TPSA) is 98.3 Å². The van der Waals surface area contributed by atoms with Gasteiger partial charge in [-0.2, -0.15) is 15.2 Å². The maximum Gasteiger partial charge on any atom is 0.277 e. The molecule has 0 saturated heterocycles. The molecule has 0 radical (unpaired) electrons. The molecule has 1 atom stereocenters. The maximum atomic E-state index is 13.4. The van der Waals surface area contributed by atoms with E-state index >= 15 is 0 Å². The van der Waals surface area contributed by atoms with Crippen molar-refractivity contribution in [3.8, 4) is 27.7 Å². The Bertz CT molecular complexity index is 1340. The van der Waals surface area contributed by atoms with Gasteiger partial charge in [0.05, 0.1) is 17.0 Å². The number of nitrogens with one attached hydrogen (secondary N) is 1. The van der Waals surface area contributed by atoms with Crippen molar-refractivity contribution in [3.63, 3.8) is 0 Å². The smallest absolute Gasteiger partial charge is 0.277 e. The first-order valence-corrected chi connectivity index (χ1v) is 11.0. The number of H-pyrrole nitrogens is 1. The van der Waals surface area contributed by atoms with Crippen LogP contribution in [0.3, 0.4) is 0 Å². The molecule has 31 heavy (non-hydrogen) atoms. The molecule has 0 fully saturated rings. The van der Waals surface area contributed by atoms with Crippen LogP contribution in [-0.4, -0.2) is 14.8 Å². The fourth-order valence-corrected chi connectivity index (χ4v) is 4.68. The Hall–Kier alpha value is -3.46. The van der Waals surface area contributed by atoms with Crippen LogP contribution in [0.4, 0.5) is 0 Å². The van der Waals surface area contributed by atoms with Gasteiger partial charge < -0.3 is 0 Å². The highest BCUT2D eigenvalue weighted by atomic mass is 79.9. The van der Waals surface area contributed by atoms with Crippen LogP contribution in [0.15, 0.2) is 70.1 Å². The third-order valence-corrected chi connectivity index (χ3v) is 6.57. The lowest BCUT2D eigenvalue weighted by atomic mass is 9.82. The van der Waals surface area contributed by atoms with Gasteiger partial charge >= 0.3 is 0 Å². The lowest BCUT2D eigenvalue weighted by molar-refractivity contribution is 0.699. The molecule has 0 aliphatic rings. The predicted octanol–water partition coefficient (Wildman–Crippen LogP) is 5.16. The van der Waals surface area contributed by atoms with E-state index in [0.717, 1.165) is 20.5 Å². The van der Waals surface area contributed by atoms with Gasteiger partial charge in [0.1, 0.15) is 5.92 Å². The van der Waals surface area contributed by atoms with Crippen molar-refractivity contribution in [1.82, 2.24) is 14.8 Å². The lowest BCUT2D eigenvalue weighted by Gasteiger charge is -2.17. The molecule has 0 aliphatic carbocycles. The van der Waals surface area contributed by atoms with Crippen molar-refractivity contribution in [2.24, 2.45) is 5.92 Å². The highest BCUT2D eigenvalue weighted by Gasteiger charge is 2.31. The summed E-state index contributed by atoms with van der Waals surface area (Å²) < 4.78 is 2.26. The van der Waals surface area contributed by atoms with Gasteiger partial charge in [-0.3, -0.25) is 9.89 Å². The minimum absolute atomic E-state index is 0.310. The maximum absolute atomic E-state index is 13.4. The van der Waals surface area contributed by atoms with Crippen LogP contribution in [0.1, 0.15) is 22.7 Å². The third-order valence-electron chi connectivity index (χ3n) is 5.01. The van der Waals surface area contributed by atoms with Crippen LogP contribution < -0.4 is 5.56 Å². The summed E-state index contributed by atoms with van der Waals surface area (Å²) in [6, 6.07) is 21.2. The zero-order valence-corrected chi connectivity index (χ0v) is 18.8. The monoisotopic (exact) mass is 489 g/mol. The van der Waals surface area contributed by atoms with Crippen molar-refractivity contribution in [3.05, 3.63) is 92.4 Å². The number of nitriles is 2. The predicted molar refractivity (Wildman–Crippen MR) is 123 cm³/mol. The molecule has 0 bridgehead atoms. The summed E-state index contributed by atoms with van der Waals surface area (Å²) >= 11 is 4.79. The van der Waals surface area contributed by atoms with Crippen molar-refractivity contribution < 1.29 is 0 Å². The zero-order chi connectivity index (χ0) is 22.0. The largest absolute Gasteiger partial charge is 0.293 e. The summed E-state index contributed by atoms with van der Waals surface area (Å²) in [4.78, 5) is 18.8. The van der Waals surface area contributed by atoms with Crippen LogP contribution in [0, 0.1) is 35.5 Å². The van der Waals surface area contributed by atoms with Crippen molar-refractivity contribution >= 4 is 27.3 Å². The van der Waals surface area contributed by atoms with Gasteiger partial charge in [0, 0.05) is 27.8 Å². The first-order valence-electron chi connectivity index (χ1n) is 9.41. The summed E-state index contributed by atoms with van der Waals surface area (Å²) in [7, 11) is 0. The first-order chi connectivity index (χ1) is 15.0. The number of aromatic amines is 1. The van der Waals surface area contributed by atoms with Crippen LogP contribution in [0.2, 0.25) is 0 Å². The standard InChI is InChI=1S/C23H16BrN5OS/c1-14-20(21(17(11-25)12-26)16-7-9-18(24)10-8-16)22(30)29(28-14)23-27-13-19(31-23)15-5-3-2-4-6-15/h2-10,13,17,21,28H,1H3/t21-/m1/s1. The van der Waals surface area contributed by atoms with E-state index in [1.54, 1.807) is 13.1 Å². The van der Waals surface area contributed by atoms with E-state index in [4.69, 9.17) is 0 Å². The Morgan fingerprint density at radius 1 is 1.10 bits per heavy atom. The lowest BCUT2D eigenvalue weighted by Crippen LogP contribution is -2.23. The SMILES string of the molecule is Cc1[nH]n(-c2ncc(-c3ccccc3)s2)c(=O)c1[C@H](c1ccc(Br)cc1)C(C#N)C#N. The van der Waals surface area contributed by atoms with Crippen LogP contribution >= 0.6 is 27.3 Å². The van der Waals surface area contributed by atoms with Crippen LogP contribution in [0.5, 0.6) is 0 Å². The number of benzene rings is 2. The average molecular weight is 490 g/mol. The van der Waals surface area contributed by atoms with E-state index in [-0.39, 0.29) is 5.56 Å². The Balaban J connectivity index is 1.82. The quantitative estimate of drug-likeness (QED) is 0.418. The summed E-state index contributed by atoms with van der Waals surface area (Å²) in [6.45, 7) is 1.77. The molecule has 0 aliphatic heterocycles. The van der Waals surface area contributed by atoms with E-state index in [0.29, 0.717) is 16.4 Å². The number of aryl methyl sites for hydroxylation is 1. The normalized spacial score (nSPS) is 11.8. The second-order valence-corrected chi connectivity index (χ2v) is 8.85. The second kappa shape index (κ2) is 8.73. The van der Waals surface area contributed by atoms with E-state index in [9.17, 15) is 15.3 Å². The minimum atomic E-state index is -1.01. The highest BCUT2D eigenvalue weighted by molar-refractivity contribution is 9.10. The molecule has 152 valence electrons. The molecule has 2 aromatic heterocycles. The molecular weight excluding hydrogens is 474 g/mol. The number of rotatable bonds is 5. The third kappa shape index (κ3) is 3.96. The summed E-state index contributed by atoms with van der Waals surface area (Å²) in [5.74, 6) is -1.69. The molecule has 0 saturated carbocycles. The number of thiazole rings is 1. The van der Waals surface area contributed by atoms with Gasteiger partial charge in [0.2, 0.25) is 5.13 Å². The number of hydrogen-bond donors (Lipinski definition) is 1. The molecular formula is C23H16BrN5OS. The fraction of sp³-hybridized carbons (Fsp3) is 0.130. The van der Waals surface area contributed by atoms with Crippen molar-refractivity contribution in [2.75, 3.05) is 0 Å². The molecule has 2 heterocycles.